The van der Waals surface area contributed by atoms with Crippen LogP contribution >= 0.6 is 0 Å². The molecule has 0 aromatic carbocycles. The smallest absolute Gasteiger partial charge is 0.184 e. The number of nitriles is 1. The predicted molar refractivity (Wildman–Crippen MR) is 94.1 cm³/mol. The van der Waals surface area contributed by atoms with Crippen LogP contribution in [0.2, 0.25) is 0 Å². The number of aliphatic imine (C=N–C) groups is 1. The van der Waals surface area contributed by atoms with Crippen LogP contribution in [-0.2, 0) is 9.47 Å². The number of fused-ring (bicyclic) bond motifs is 1. The summed E-state index contributed by atoms with van der Waals surface area (Å²) >= 11 is 0. The maximum absolute atomic E-state index is 10.4. The molecule has 0 saturated carbocycles. The average Bonchev–Trinajstić information content (AvgIpc) is 3.22. The van der Waals surface area contributed by atoms with Crippen LogP contribution in [0.5, 0.6) is 0 Å². The van der Waals surface area contributed by atoms with Crippen LogP contribution in [0.1, 0.15) is 12.6 Å². The standard InChI is InChI=1S/C16H21N7O4/c1-22(2)8-21-14-11-15(19-7-18-14)23(9-20-11)16-13(26-5-3-4-17)12(25)10(6-24)27-16/h7-10,12-13,16,24-25H,3,5-6H2,1-2H3/b21-8+/t10-,12-,13-,16-/m1/s1. The van der Waals surface area contributed by atoms with Gasteiger partial charge in [0.25, 0.3) is 0 Å². The van der Waals surface area contributed by atoms with Crippen LogP contribution < -0.4 is 0 Å². The highest BCUT2D eigenvalue weighted by Gasteiger charge is 2.45. The Morgan fingerprint density at radius 3 is 2.96 bits per heavy atom. The highest BCUT2D eigenvalue weighted by molar-refractivity contribution is 5.82. The van der Waals surface area contributed by atoms with Crippen molar-refractivity contribution in [1.82, 2.24) is 24.4 Å². The van der Waals surface area contributed by atoms with Gasteiger partial charge in [0.05, 0.1) is 38.4 Å². The summed E-state index contributed by atoms with van der Waals surface area (Å²) in [6, 6.07) is 1.99. The second-order valence-electron chi connectivity index (χ2n) is 6.21. The molecule has 1 aliphatic heterocycles. The Labute approximate surface area is 155 Å². The zero-order valence-electron chi connectivity index (χ0n) is 15.0. The fourth-order valence-electron chi connectivity index (χ4n) is 2.80. The largest absolute Gasteiger partial charge is 0.394 e. The van der Waals surface area contributed by atoms with E-state index in [-0.39, 0.29) is 19.6 Å². The van der Waals surface area contributed by atoms with E-state index in [0.29, 0.717) is 17.0 Å². The molecule has 2 aromatic heterocycles. The number of hydrogen-bond donors (Lipinski definition) is 2. The summed E-state index contributed by atoms with van der Waals surface area (Å²) in [7, 11) is 3.68. The minimum Gasteiger partial charge on any atom is -0.394 e. The van der Waals surface area contributed by atoms with Gasteiger partial charge < -0.3 is 24.6 Å². The summed E-state index contributed by atoms with van der Waals surface area (Å²) in [6.07, 6.45) is 1.24. The summed E-state index contributed by atoms with van der Waals surface area (Å²) in [5.41, 5.74) is 0.928. The molecule has 0 radical (unpaired) electrons. The molecule has 11 heteroatoms. The molecule has 11 nitrogen and oxygen atoms in total. The monoisotopic (exact) mass is 375 g/mol. The lowest BCUT2D eigenvalue weighted by Gasteiger charge is -2.21. The van der Waals surface area contributed by atoms with Crippen molar-refractivity contribution in [2.24, 2.45) is 4.99 Å². The lowest BCUT2D eigenvalue weighted by atomic mass is 10.1. The Kier molecular flexibility index (Phi) is 5.92. The zero-order chi connectivity index (χ0) is 19.4. The van der Waals surface area contributed by atoms with Gasteiger partial charge in [-0.3, -0.25) is 4.57 Å². The molecule has 1 fully saturated rings. The van der Waals surface area contributed by atoms with Crippen LogP contribution in [0.4, 0.5) is 5.82 Å². The fraction of sp³-hybridized carbons (Fsp3) is 0.562. The Hall–Kier alpha value is -2.65. The molecule has 0 bridgehead atoms. The number of ether oxygens (including phenoxy) is 2. The van der Waals surface area contributed by atoms with Gasteiger partial charge in [-0.05, 0) is 0 Å². The number of rotatable bonds is 7. The van der Waals surface area contributed by atoms with Gasteiger partial charge in [-0.25, -0.2) is 19.9 Å². The molecule has 1 aliphatic rings. The average molecular weight is 375 g/mol. The number of nitrogens with zero attached hydrogens (tertiary/aromatic N) is 7. The van der Waals surface area contributed by atoms with Gasteiger partial charge in [-0.2, -0.15) is 5.26 Å². The molecule has 0 spiro atoms. The summed E-state index contributed by atoms with van der Waals surface area (Å²) in [5, 5.41) is 28.6. The van der Waals surface area contributed by atoms with Crippen molar-refractivity contribution < 1.29 is 19.7 Å². The van der Waals surface area contributed by atoms with E-state index in [2.05, 4.69) is 19.9 Å². The highest BCUT2D eigenvalue weighted by atomic mass is 16.6. The van der Waals surface area contributed by atoms with Crippen molar-refractivity contribution >= 4 is 23.3 Å². The lowest BCUT2D eigenvalue weighted by molar-refractivity contribution is -0.0693. The van der Waals surface area contributed by atoms with E-state index < -0.39 is 24.5 Å². The summed E-state index contributed by atoms with van der Waals surface area (Å²) < 4.78 is 13.0. The molecular formula is C16H21N7O4. The Morgan fingerprint density at radius 1 is 1.44 bits per heavy atom. The molecule has 27 heavy (non-hydrogen) atoms. The maximum atomic E-state index is 10.4. The predicted octanol–water partition coefficient (Wildman–Crippen LogP) is -0.403. The molecule has 3 rings (SSSR count). The molecule has 0 aliphatic carbocycles. The molecule has 3 heterocycles. The van der Waals surface area contributed by atoms with Gasteiger partial charge in [0, 0.05) is 14.1 Å². The molecule has 2 N–H and O–H groups in total. The summed E-state index contributed by atoms with van der Waals surface area (Å²) in [5.74, 6) is 0.395. The van der Waals surface area contributed by atoms with E-state index in [0.717, 1.165) is 0 Å². The van der Waals surface area contributed by atoms with E-state index >= 15 is 0 Å². The van der Waals surface area contributed by atoms with Gasteiger partial charge in [0.15, 0.2) is 23.2 Å². The lowest BCUT2D eigenvalue weighted by Crippen LogP contribution is -2.35. The number of hydrogen-bond acceptors (Lipinski definition) is 9. The minimum absolute atomic E-state index is 0.135. The number of aromatic nitrogens is 4. The first-order valence-electron chi connectivity index (χ1n) is 8.38. The van der Waals surface area contributed by atoms with Gasteiger partial charge in [0.1, 0.15) is 24.6 Å². The van der Waals surface area contributed by atoms with E-state index in [1.165, 1.54) is 12.7 Å². The van der Waals surface area contributed by atoms with Crippen molar-refractivity contribution in [1.29, 1.82) is 5.26 Å². The minimum atomic E-state index is -1.05. The van der Waals surface area contributed by atoms with Crippen molar-refractivity contribution in [3.8, 4) is 6.07 Å². The Bertz CT molecular complexity index is 847. The number of aliphatic hydroxyl groups excluding tert-OH is 2. The SMILES string of the molecule is CN(C)/C=N/c1ncnc2c1ncn2[C@@H]1O[C@H](CO)[C@@H](O)[C@H]1OCCC#N. The van der Waals surface area contributed by atoms with E-state index in [9.17, 15) is 10.2 Å². The first kappa shape index (κ1) is 19.1. The maximum Gasteiger partial charge on any atom is 0.184 e. The molecule has 0 amide bonds. The van der Waals surface area contributed by atoms with Gasteiger partial charge >= 0.3 is 0 Å². The third-order valence-corrected chi connectivity index (χ3v) is 4.04. The van der Waals surface area contributed by atoms with E-state index in [1.54, 1.807) is 15.8 Å². The third-order valence-electron chi connectivity index (χ3n) is 4.04. The normalized spacial score (nSPS) is 25.3. The van der Waals surface area contributed by atoms with Crippen LogP contribution in [0.15, 0.2) is 17.6 Å². The molecular weight excluding hydrogens is 354 g/mol. The first-order chi connectivity index (χ1) is 13.1. The van der Waals surface area contributed by atoms with Crippen molar-refractivity contribution in [2.45, 2.75) is 31.0 Å². The molecule has 0 unspecified atom stereocenters. The quantitative estimate of drug-likeness (QED) is 0.375. The van der Waals surface area contributed by atoms with Crippen molar-refractivity contribution in [3.05, 3.63) is 12.7 Å². The third kappa shape index (κ3) is 3.88. The van der Waals surface area contributed by atoms with Crippen molar-refractivity contribution in [2.75, 3.05) is 27.3 Å². The number of aliphatic hydroxyl groups is 2. The van der Waals surface area contributed by atoms with Gasteiger partial charge in [0.2, 0.25) is 0 Å². The molecule has 2 aromatic rings. The van der Waals surface area contributed by atoms with E-state index in [1.807, 2.05) is 20.2 Å². The van der Waals surface area contributed by atoms with Crippen LogP contribution in [0, 0.1) is 11.3 Å². The Balaban J connectivity index is 1.95. The van der Waals surface area contributed by atoms with E-state index in [4.69, 9.17) is 14.7 Å². The fourth-order valence-corrected chi connectivity index (χ4v) is 2.80. The first-order valence-corrected chi connectivity index (χ1v) is 8.38. The van der Waals surface area contributed by atoms with Crippen LogP contribution in [0.25, 0.3) is 11.2 Å². The topological polar surface area (TPSA) is 142 Å². The second-order valence-corrected chi connectivity index (χ2v) is 6.21. The highest BCUT2D eigenvalue weighted by Crippen LogP contribution is 2.34. The molecule has 1 saturated heterocycles. The number of imidazole rings is 1. The molecule has 144 valence electrons. The van der Waals surface area contributed by atoms with Crippen LogP contribution in [-0.4, -0.2) is 86.6 Å². The summed E-state index contributed by atoms with van der Waals surface area (Å²) in [6.45, 7) is -0.230. The van der Waals surface area contributed by atoms with Gasteiger partial charge in [-0.1, -0.05) is 0 Å². The van der Waals surface area contributed by atoms with Gasteiger partial charge in [-0.15, -0.1) is 0 Å². The molecule has 4 atom stereocenters. The Morgan fingerprint density at radius 2 is 2.26 bits per heavy atom. The van der Waals surface area contributed by atoms with Crippen LogP contribution in [0.3, 0.4) is 0 Å². The van der Waals surface area contributed by atoms with Crippen molar-refractivity contribution in [3.63, 3.8) is 0 Å². The second kappa shape index (κ2) is 8.36. The summed E-state index contributed by atoms with van der Waals surface area (Å²) in [4.78, 5) is 18.8. The zero-order valence-corrected chi connectivity index (χ0v) is 15.0.